The Labute approximate surface area is 111 Å². The van der Waals surface area contributed by atoms with E-state index in [1.165, 1.54) is 0 Å². The highest BCUT2D eigenvalue weighted by Gasteiger charge is 2.25. The van der Waals surface area contributed by atoms with Crippen molar-refractivity contribution in [2.24, 2.45) is 0 Å². The van der Waals surface area contributed by atoms with Gasteiger partial charge in [0.2, 0.25) is 0 Å². The molecule has 102 valence electrons. The molecule has 0 aliphatic heterocycles. The Morgan fingerprint density at radius 3 is 1.78 bits per heavy atom. The molecule has 3 heteroatoms. The first-order valence-electron chi connectivity index (χ1n) is 6.35. The van der Waals surface area contributed by atoms with E-state index in [4.69, 9.17) is 4.74 Å². The van der Waals surface area contributed by atoms with Gasteiger partial charge in [-0.1, -0.05) is 0 Å². The van der Waals surface area contributed by atoms with Crippen LogP contribution in [0.25, 0.3) is 0 Å². The second kappa shape index (κ2) is 5.19. The molecule has 0 saturated heterocycles. The fourth-order valence-corrected chi connectivity index (χ4v) is 1.69. The Hall–Kier alpha value is -1.22. The highest BCUT2D eigenvalue weighted by molar-refractivity contribution is 5.50. The maximum Gasteiger partial charge on any atom is 0.119 e. The summed E-state index contributed by atoms with van der Waals surface area (Å²) in [6.07, 6.45) is 0. The minimum Gasteiger partial charge on any atom is -0.497 e. The lowest BCUT2D eigenvalue weighted by Crippen LogP contribution is -2.57. The third-order valence-corrected chi connectivity index (χ3v) is 2.45. The molecular formula is C15H26N2O. The molecule has 0 spiro atoms. The maximum absolute atomic E-state index is 5.20. The van der Waals surface area contributed by atoms with Gasteiger partial charge in [-0.3, -0.25) is 0 Å². The minimum absolute atomic E-state index is 0.00185. The summed E-state index contributed by atoms with van der Waals surface area (Å²) in [5.41, 5.74) is 4.70. The van der Waals surface area contributed by atoms with E-state index < -0.39 is 0 Å². The number of rotatable bonds is 3. The molecule has 0 radical (unpaired) electrons. The Kier molecular flexibility index (Phi) is 4.28. The van der Waals surface area contributed by atoms with Crippen LogP contribution < -0.4 is 15.2 Å². The summed E-state index contributed by atoms with van der Waals surface area (Å²) in [5.74, 6) is 0.878. The summed E-state index contributed by atoms with van der Waals surface area (Å²) in [5, 5.41) is 2.20. The van der Waals surface area contributed by atoms with E-state index in [-0.39, 0.29) is 11.1 Å². The molecule has 0 aliphatic rings. The number of benzene rings is 1. The van der Waals surface area contributed by atoms with E-state index in [2.05, 4.69) is 64.1 Å². The first kappa shape index (κ1) is 14.8. The molecule has 18 heavy (non-hydrogen) atoms. The molecule has 0 atom stereocenters. The van der Waals surface area contributed by atoms with Crippen molar-refractivity contribution < 1.29 is 4.74 Å². The quantitative estimate of drug-likeness (QED) is 0.829. The van der Waals surface area contributed by atoms with Gasteiger partial charge in [0.05, 0.1) is 12.8 Å². The molecule has 0 unspecified atom stereocenters. The van der Waals surface area contributed by atoms with Crippen LogP contribution in [0.15, 0.2) is 24.3 Å². The monoisotopic (exact) mass is 250 g/mol. The molecule has 0 fully saturated rings. The van der Waals surface area contributed by atoms with Crippen LogP contribution in [-0.2, 0) is 0 Å². The van der Waals surface area contributed by atoms with Crippen molar-refractivity contribution in [3.8, 4) is 5.75 Å². The van der Waals surface area contributed by atoms with Crippen molar-refractivity contribution in [2.75, 3.05) is 12.1 Å². The predicted molar refractivity (Wildman–Crippen MR) is 78.1 cm³/mol. The fraction of sp³-hybridized carbons (Fsp3) is 0.600. The second-order valence-electron chi connectivity index (χ2n) is 6.57. The van der Waals surface area contributed by atoms with Gasteiger partial charge in [0.25, 0.3) is 0 Å². The average molecular weight is 250 g/mol. The van der Waals surface area contributed by atoms with Gasteiger partial charge >= 0.3 is 0 Å². The summed E-state index contributed by atoms with van der Waals surface area (Å²) in [6.45, 7) is 13.1. The minimum atomic E-state index is 0.00185. The Bertz CT molecular complexity index is 371. The van der Waals surface area contributed by atoms with Gasteiger partial charge in [0, 0.05) is 11.1 Å². The van der Waals surface area contributed by atoms with Gasteiger partial charge in [-0.25, -0.2) is 5.43 Å². The van der Waals surface area contributed by atoms with E-state index in [1.807, 2.05) is 12.1 Å². The van der Waals surface area contributed by atoms with Crippen LogP contribution in [0, 0.1) is 0 Å². The summed E-state index contributed by atoms with van der Waals surface area (Å²) in [6, 6.07) is 8.11. The van der Waals surface area contributed by atoms with Gasteiger partial charge in [-0.05, 0) is 65.8 Å². The number of ether oxygens (including phenoxy) is 1. The third-order valence-electron chi connectivity index (χ3n) is 2.45. The zero-order valence-corrected chi connectivity index (χ0v) is 12.7. The van der Waals surface area contributed by atoms with Gasteiger partial charge < -0.3 is 9.75 Å². The predicted octanol–water partition coefficient (Wildman–Crippen LogP) is 3.60. The molecule has 0 bridgehead atoms. The highest BCUT2D eigenvalue weighted by atomic mass is 16.5. The Balaban J connectivity index is 3.02. The first-order valence-corrected chi connectivity index (χ1v) is 6.35. The number of hydrogen-bond acceptors (Lipinski definition) is 3. The molecule has 0 saturated carbocycles. The molecule has 0 amide bonds. The van der Waals surface area contributed by atoms with Gasteiger partial charge in [-0.2, -0.15) is 0 Å². The smallest absolute Gasteiger partial charge is 0.119 e. The Morgan fingerprint density at radius 1 is 0.944 bits per heavy atom. The summed E-state index contributed by atoms with van der Waals surface area (Å²) in [7, 11) is 1.68. The number of nitrogens with zero attached hydrogens (tertiary/aromatic N) is 1. The lowest BCUT2D eigenvalue weighted by molar-refractivity contribution is 0.338. The van der Waals surface area contributed by atoms with Crippen LogP contribution in [0.2, 0.25) is 0 Å². The zero-order chi connectivity index (χ0) is 14.0. The highest BCUT2D eigenvalue weighted by Crippen LogP contribution is 2.25. The normalized spacial score (nSPS) is 12.4. The molecule has 3 nitrogen and oxygen atoms in total. The van der Waals surface area contributed by atoms with E-state index in [0.717, 1.165) is 11.4 Å². The number of hydrazine groups is 1. The van der Waals surface area contributed by atoms with Crippen LogP contribution in [-0.4, -0.2) is 18.2 Å². The van der Waals surface area contributed by atoms with Crippen molar-refractivity contribution in [3.05, 3.63) is 24.3 Å². The molecule has 1 rings (SSSR count). The second-order valence-corrected chi connectivity index (χ2v) is 6.57. The maximum atomic E-state index is 5.20. The summed E-state index contributed by atoms with van der Waals surface area (Å²) < 4.78 is 5.20. The lowest BCUT2D eigenvalue weighted by atomic mass is 10.1. The average Bonchev–Trinajstić information content (AvgIpc) is 2.24. The van der Waals surface area contributed by atoms with Crippen molar-refractivity contribution in [2.45, 2.75) is 52.6 Å². The molecule has 0 aliphatic carbocycles. The molecule has 1 aromatic carbocycles. The molecule has 1 aromatic rings. The van der Waals surface area contributed by atoms with Crippen LogP contribution in [0.5, 0.6) is 5.75 Å². The van der Waals surface area contributed by atoms with Crippen molar-refractivity contribution in [1.82, 2.24) is 5.43 Å². The van der Waals surface area contributed by atoms with E-state index in [9.17, 15) is 0 Å². The van der Waals surface area contributed by atoms with E-state index >= 15 is 0 Å². The fourth-order valence-electron chi connectivity index (χ4n) is 1.69. The van der Waals surface area contributed by atoms with Crippen molar-refractivity contribution in [1.29, 1.82) is 0 Å². The third kappa shape index (κ3) is 4.22. The van der Waals surface area contributed by atoms with Gasteiger partial charge in [-0.15, -0.1) is 0 Å². The van der Waals surface area contributed by atoms with Crippen LogP contribution in [0.4, 0.5) is 5.69 Å². The molecular weight excluding hydrogens is 224 g/mol. The van der Waals surface area contributed by atoms with E-state index in [0.29, 0.717) is 0 Å². The molecule has 0 aromatic heterocycles. The van der Waals surface area contributed by atoms with Crippen LogP contribution in [0.1, 0.15) is 41.5 Å². The SMILES string of the molecule is COc1ccc(N(NC(C)(C)C)C(C)(C)C)cc1. The Morgan fingerprint density at radius 2 is 1.44 bits per heavy atom. The van der Waals surface area contributed by atoms with Crippen molar-refractivity contribution in [3.63, 3.8) is 0 Å². The number of methoxy groups -OCH3 is 1. The largest absolute Gasteiger partial charge is 0.497 e. The van der Waals surface area contributed by atoms with Crippen LogP contribution in [0.3, 0.4) is 0 Å². The molecule has 0 heterocycles. The van der Waals surface area contributed by atoms with Crippen LogP contribution >= 0.6 is 0 Å². The number of anilines is 1. The topological polar surface area (TPSA) is 24.5 Å². The van der Waals surface area contributed by atoms with Gasteiger partial charge in [0.15, 0.2) is 0 Å². The van der Waals surface area contributed by atoms with Gasteiger partial charge in [0.1, 0.15) is 5.75 Å². The number of hydrogen-bond donors (Lipinski definition) is 1. The number of nitrogens with one attached hydrogen (secondary N) is 1. The standard InChI is InChI=1S/C15H26N2O/c1-14(2,3)16-17(15(4,5)6)12-8-10-13(18-7)11-9-12/h8-11,16H,1-7H3. The first-order chi connectivity index (χ1) is 8.13. The summed E-state index contributed by atoms with van der Waals surface area (Å²) in [4.78, 5) is 0. The zero-order valence-electron chi connectivity index (χ0n) is 12.7. The van der Waals surface area contributed by atoms with E-state index in [1.54, 1.807) is 7.11 Å². The summed E-state index contributed by atoms with van der Waals surface area (Å²) >= 11 is 0. The lowest BCUT2D eigenvalue weighted by Gasteiger charge is -2.42. The van der Waals surface area contributed by atoms with Crippen molar-refractivity contribution >= 4 is 5.69 Å². The molecule has 1 N–H and O–H groups in total.